The lowest BCUT2D eigenvalue weighted by Crippen LogP contribution is -2.53. The van der Waals surface area contributed by atoms with Crippen LogP contribution in [0.1, 0.15) is 44.6 Å². The van der Waals surface area contributed by atoms with E-state index in [9.17, 15) is 20.2 Å². The van der Waals surface area contributed by atoms with Gasteiger partial charge in [0.05, 0.1) is 11.0 Å². The van der Waals surface area contributed by atoms with Crippen LogP contribution in [0.3, 0.4) is 0 Å². The number of rotatable bonds is 5. The Morgan fingerprint density at radius 1 is 1.40 bits per heavy atom. The Morgan fingerprint density at radius 2 is 2.04 bits per heavy atom. The largest absolute Gasteiger partial charge is 0.474 e. The van der Waals surface area contributed by atoms with E-state index in [1.807, 2.05) is 0 Å². The van der Waals surface area contributed by atoms with Crippen LogP contribution in [0.25, 0.3) is 0 Å². The van der Waals surface area contributed by atoms with E-state index in [2.05, 4.69) is 6.07 Å². The van der Waals surface area contributed by atoms with Gasteiger partial charge in [0.15, 0.2) is 11.9 Å². The van der Waals surface area contributed by atoms with Gasteiger partial charge < -0.3 is 9.64 Å². The minimum absolute atomic E-state index is 0.0551. The number of benzene rings is 1. The highest BCUT2D eigenvalue weighted by Gasteiger charge is 2.40. The van der Waals surface area contributed by atoms with Crippen LogP contribution in [0.15, 0.2) is 18.2 Å². The van der Waals surface area contributed by atoms with Crippen molar-refractivity contribution in [2.24, 2.45) is 0 Å². The molecule has 7 nitrogen and oxygen atoms in total. The number of aryl methyl sites for hydroxylation is 1. The molecule has 1 atom stereocenters. The summed E-state index contributed by atoms with van der Waals surface area (Å²) in [5.41, 5.74) is -0.248. The van der Waals surface area contributed by atoms with Crippen LogP contribution < -0.4 is 4.74 Å². The van der Waals surface area contributed by atoms with Crippen LogP contribution >= 0.6 is 0 Å². The number of nitro groups is 1. The molecule has 7 heteroatoms. The number of nitriles is 1. The molecule has 0 heterocycles. The predicted molar refractivity (Wildman–Crippen MR) is 92.1 cm³/mol. The molecule has 134 valence electrons. The lowest BCUT2D eigenvalue weighted by atomic mass is 9.81. The first-order valence-corrected chi connectivity index (χ1v) is 8.41. The molecule has 1 aromatic carbocycles. The van der Waals surface area contributed by atoms with Gasteiger partial charge in [-0.05, 0) is 38.3 Å². The van der Waals surface area contributed by atoms with Crippen molar-refractivity contribution in [1.82, 2.24) is 4.90 Å². The molecule has 0 saturated heterocycles. The lowest BCUT2D eigenvalue weighted by Gasteiger charge is -2.39. The topological polar surface area (TPSA) is 96.5 Å². The van der Waals surface area contributed by atoms with Gasteiger partial charge in [0.25, 0.3) is 5.91 Å². The summed E-state index contributed by atoms with van der Waals surface area (Å²) in [5.74, 6) is -0.294. The van der Waals surface area contributed by atoms with Gasteiger partial charge in [0.2, 0.25) is 0 Å². The highest BCUT2D eigenvalue weighted by Crippen LogP contribution is 2.34. The average Bonchev–Trinajstić information content (AvgIpc) is 2.62. The lowest BCUT2D eigenvalue weighted by molar-refractivity contribution is -0.386. The second kappa shape index (κ2) is 7.51. The van der Waals surface area contributed by atoms with Crippen LogP contribution in [0.4, 0.5) is 5.69 Å². The zero-order chi connectivity index (χ0) is 18.6. The third kappa shape index (κ3) is 3.90. The molecule has 1 aromatic rings. The second-order valence-corrected chi connectivity index (χ2v) is 6.59. The maximum absolute atomic E-state index is 12.7. The standard InChI is InChI=1S/C18H23N3O4/c1-13-7-8-16(15(11-13)21(23)24)25-14(2)17(22)20(3)18(12-19)9-5-4-6-10-18/h7-8,11,14H,4-6,9-10H2,1-3H3/t14-/m0/s1. The van der Waals surface area contributed by atoms with Crippen molar-refractivity contribution in [2.75, 3.05) is 7.05 Å². The van der Waals surface area contributed by atoms with Crippen molar-refractivity contribution in [3.63, 3.8) is 0 Å². The van der Waals surface area contributed by atoms with E-state index < -0.39 is 16.6 Å². The fraction of sp³-hybridized carbons (Fsp3) is 0.556. The van der Waals surface area contributed by atoms with Crippen molar-refractivity contribution in [1.29, 1.82) is 5.26 Å². The highest BCUT2D eigenvalue weighted by molar-refractivity contribution is 5.82. The van der Waals surface area contributed by atoms with Gasteiger partial charge in [-0.3, -0.25) is 14.9 Å². The highest BCUT2D eigenvalue weighted by atomic mass is 16.6. The van der Waals surface area contributed by atoms with Gasteiger partial charge in [-0.2, -0.15) is 5.26 Å². The number of nitrogens with zero attached hydrogens (tertiary/aromatic N) is 3. The second-order valence-electron chi connectivity index (χ2n) is 6.59. The van der Waals surface area contributed by atoms with Gasteiger partial charge >= 0.3 is 5.69 Å². The summed E-state index contributed by atoms with van der Waals surface area (Å²) >= 11 is 0. The Kier molecular flexibility index (Phi) is 5.62. The monoisotopic (exact) mass is 345 g/mol. The van der Waals surface area contributed by atoms with E-state index in [1.54, 1.807) is 27.0 Å². The van der Waals surface area contributed by atoms with Crippen LogP contribution in [-0.2, 0) is 4.79 Å². The van der Waals surface area contributed by atoms with E-state index in [1.165, 1.54) is 17.0 Å². The van der Waals surface area contributed by atoms with Gasteiger partial charge in [0, 0.05) is 13.1 Å². The zero-order valence-corrected chi connectivity index (χ0v) is 14.8. The van der Waals surface area contributed by atoms with Gasteiger partial charge in [-0.25, -0.2) is 0 Å². The molecule has 1 fully saturated rings. The number of ether oxygens (including phenoxy) is 1. The first kappa shape index (κ1) is 18.7. The maximum atomic E-state index is 12.7. The maximum Gasteiger partial charge on any atom is 0.311 e. The van der Waals surface area contributed by atoms with Gasteiger partial charge in [0.1, 0.15) is 5.54 Å². The van der Waals surface area contributed by atoms with Crippen molar-refractivity contribution in [3.05, 3.63) is 33.9 Å². The van der Waals surface area contributed by atoms with E-state index in [0.717, 1.165) is 24.8 Å². The minimum atomic E-state index is -0.918. The van der Waals surface area contributed by atoms with E-state index in [0.29, 0.717) is 12.8 Å². The molecular formula is C18H23N3O4. The summed E-state index contributed by atoms with van der Waals surface area (Å²) in [6.07, 6.45) is 3.24. The summed E-state index contributed by atoms with van der Waals surface area (Å²) < 4.78 is 5.58. The third-order valence-electron chi connectivity index (χ3n) is 4.82. The van der Waals surface area contributed by atoms with Crippen molar-refractivity contribution in [2.45, 2.75) is 57.6 Å². The van der Waals surface area contributed by atoms with E-state index in [4.69, 9.17) is 4.74 Å². The Morgan fingerprint density at radius 3 is 2.60 bits per heavy atom. The summed E-state index contributed by atoms with van der Waals surface area (Å²) in [4.78, 5) is 24.9. The summed E-state index contributed by atoms with van der Waals surface area (Å²) in [6.45, 7) is 3.30. The fourth-order valence-electron chi connectivity index (χ4n) is 3.25. The average molecular weight is 345 g/mol. The minimum Gasteiger partial charge on any atom is -0.474 e. The number of hydrogen-bond acceptors (Lipinski definition) is 5. The summed E-state index contributed by atoms with van der Waals surface area (Å²) in [6, 6.07) is 6.90. The number of likely N-dealkylation sites (N-methyl/N-ethyl adjacent to an activating group) is 1. The zero-order valence-electron chi connectivity index (χ0n) is 14.8. The molecule has 0 spiro atoms. The summed E-state index contributed by atoms with van der Waals surface area (Å²) in [5, 5.41) is 20.8. The Hall–Kier alpha value is -2.62. The first-order valence-electron chi connectivity index (χ1n) is 8.41. The van der Waals surface area contributed by atoms with Gasteiger partial charge in [-0.15, -0.1) is 0 Å². The number of carbonyl (C=O) groups excluding carboxylic acids is 1. The molecule has 0 unspecified atom stereocenters. The van der Waals surface area contributed by atoms with Crippen molar-refractivity contribution < 1.29 is 14.5 Å². The molecule has 2 rings (SSSR count). The fourth-order valence-corrected chi connectivity index (χ4v) is 3.25. The van der Waals surface area contributed by atoms with Crippen molar-refractivity contribution in [3.8, 4) is 11.8 Å². The molecule has 0 aromatic heterocycles. The van der Waals surface area contributed by atoms with E-state index >= 15 is 0 Å². The Labute approximate surface area is 147 Å². The van der Waals surface area contributed by atoms with Crippen LogP contribution in [0.5, 0.6) is 5.75 Å². The molecule has 1 aliphatic carbocycles. The Bertz CT molecular complexity index is 705. The van der Waals surface area contributed by atoms with Crippen LogP contribution in [0.2, 0.25) is 0 Å². The quantitative estimate of drug-likeness (QED) is 0.602. The van der Waals surface area contributed by atoms with Gasteiger partial charge in [-0.1, -0.05) is 25.3 Å². The van der Waals surface area contributed by atoms with E-state index in [-0.39, 0.29) is 17.3 Å². The Balaban J connectivity index is 2.18. The molecule has 0 bridgehead atoms. The molecule has 25 heavy (non-hydrogen) atoms. The van der Waals surface area contributed by atoms with Crippen molar-refractivity contribution >= 4 is 11.6 Å². The SMILES string of the molecule is Cc1ccc(O[C@@H](C)C(=O)N(C)C2(C#N)CCCCC2)c([N+](=O)[O-])c1. The summed E-state index contributed by atoms with van der Waals surface area (Å²) in [7, 11) is 1.61. The molecule has 1 aliphatic rings. The normalized spacial score (nSPS) is 17.2. The first-order chi connectivity index (χ1) is 11.8. The molecule has 0 N–H and O–H groups in total. The number of hydrogen-bond donors (Lipinski definition) is 0. The molecule has 0 radical (unpaired) electrons. The molecular weight excluding hydrogens is 322 g/mol. The van der Waals surface area contributed by atoms with Crippen LogP contribution in [-0.4, -0.2) is 34.4 Å². The van der Waals surface area contributed by atoms with Crippen LogP contribution in [0, 0.1) is 28.4 Å². The number of nitro benzene ring substituents is 1. The smallest absolute Gasteiger partial charge is 0.311 e. The molecule has 1 saturated carbocycles. The number of amides is 1. The molecule has 1 amide bonds. The third-order valence-corrected chi connectivity index (χ3v) is 4.82. The predicted octanol–water partition coefficient (Wildman–Crippen LogP) is 3.36. The number of carbonyl (C=O) groups is 1. The molecule has 0 aliphatic heterocycles.